The van der Waals surface area contributed by atoms with Crippen molar-refractivity contribution in [2.24, 2.45) is 11.7 Å². The number of likely N-dealkylation sites (tertiary alicyclic amines) is 1. The molecule has 24 heavy (non-hydrogen) atoms. The second-order valence-corrected chi connectivity index (χ2v) is 6.73. The van der Waals surface area contributed by atoms with Crippen molar-refractivity contribution in [3.63, 3.8) is 0 Å². The number of H-pyrrole nitrogens is 1. The number of aromatic amines is 1. The highest BCUT2D eigenvalue weighted by atomic mass is 35.5. The monoisotopic (exact) mass is 348 g/mol. The predicted molar refractivity (Wildman–Crippen MR) is 87.4 cm³/mol. The molecule has 2 aromatic rings. The average molecular weight is 349 g/mol. The molecule has 2 fully saturated rings. The van der Waals surface area contributed by atoms with Crippen LogP contribution in [0.4, 0.5) is 0 Å². The number of piperidine rings is 1. The second kappa shape index (κ2) is 5.71. The van der Waals surface area contributed by atoms with Gasteiger partial charge in [0.15, 0.2) is 5.65 Å². The maximum absolute atomic E-state index is 12.7. The summed E-state index contributed by atoms with van der Waals surface area (Å²) in [5.41, 5.74) is 6.38. The third kappa shape index (κ3) is 2.42. The molecule has 0 radical (unpaired) electrons. The fraction of sp³-hybridized carbons (Fsp3) is 0.467. The maximum Gasteiger partial charge on any atom is 0.252 e. The average Bonchev–Trinajstić information content (AvgIpc) is 3.27. The van der Waals surface area contributed by atoms with Crippen LogP contribution in [-0.4, -0.2) is 57.1 Å². The van der Waals surface area contributed by atoms with Gasteiger partial charge in [-0.05, 0) is 24.8 Å². The number of hydrogen-bond acceptors (Lipinski definition) is 5. The lowest BCUT2D eigenvalue weighted by molar-refractivity contribution is -0.131. The van der Waals surface area contributed by atoms with Crippen molar-refractivity contribution >= 4 is 34.4 Å². The van der Waals surface area contributed by atoms with Gasteiger partial charge in [-0.3, -0.25) is 14.7 Å². The van der Waals surface area contributed by atoms with Crippen LogP contribution in [0.15, 0.2) is 12.3 Å². The number of rotatable bonds is 3. The van der Waals surface area contributed by atoms with Crippen LogP contribution in [0.3, 0.4) is 0 Å². The lowest BCUT2D eigenvalue weighted by Gasteiger charge is -2.31. The highest BCUT2D eigenvalue weighted by Crippen LogP contribution is 2.38. The molecule has 1 saturated heterocycles. The summed E-state index contributed by atoms with van der Waals surface area (Å²) in [6.07, 6.45) is 3.24. The van der Waals surface area contributed by atoms with Crippen LogP contribution in [0.1, 0.15) is 23.2 Å². The zero-order valence-corrected chi connectivity index (χ0v) is 13.6. The van der Waals surface area contributed by atoms with E-state index in [2.05, 4.69) is 20.5 Å². The van der Waals surface area contributed by atoms with Gasteiger partial charge in [-0.1, -0.05) is 11.6 Å². The van der Waals surface area contributed by atoms with Gasteiger partial charge in [0.25, 0.3) is 5.91 Å². The fourth-order valence-electron chi connectivity index (χ4n) is 3.88. The lowest BCUT2D eigenvalue weighted by atomic mass is 10.0. The number of hydrogen-bond donors (Lipinski definition) is 3. The van der Waals surface area contributed by atoms with E-state index in [0.717, 1.165) is 12.8 Å². The van der Waals surface area contributed by atoms with Crippen molar-refractivity contribution in [3.8, 4) is 0 Å². The summed E-state index contributed by atoms with van der Waals surface area (Å²) in [7, 11) is 0. The Bertz CT molecular complexity index is 821. The summed E-state index contributed by atoms with van der Waals surface area (Å²) in [6.45, 7) is 0.693. The van der Waals surface area contributed by atoms with E-state index in [1.807, 2.05) is 4.90 Å². The van der Waals surface area contributed by atoms with E-state index in [1.54, 1.807) is 12.3 Å². The van der Waals surface area contributed by atoms with Crippen LogP contribution in [0.2, 0.25) is 5.15 Å². The molecule has 2 aromatic heterocycles. The molecule has 2 aliphatic rings. The molecular weight excluding hydrogens is 332 g/mol. The van der Waals surface area contributed by atoms with Gasteiger partial charge in [-0.25, -0.2) is 4.98 Å². The molecule has 3 atom stereocenters. The number of carbonyl (C=O) groups is 2. The van der Waals surface area contributed by atoms with Crippen molar-refractivity contribution in [2.75, 3.05) is 13.1 Å². The Morgan fingerprint density at radius 1 is 1.46 bits per heavy atom. The van der Waals surface area contributed by atoms with Gasteiger partial charge >= 0.3 is 0 Å². The third-order valence-electron chi connectivity index (χ3n) is 4.99. The van der Waals surface area contributed by atoms with Crippen molar-refractivity contribution in [2.45, 2.75) is 24.9 Å². The quantitative estimate of drug-likeness (QED) is 0.689. The Morgan fingerprint density at radius 2 is 2.29 bits per heavy atom. The number of nitrogens with zero attached hydrogens (tertiary/aromatic N) is 3. The van der Waals surface area contributed by atoms with Crippen LogP contribution in [0.25, 0.3) is 11.0 Å². The second-order valence-electron chi connectivity index (χ2n) is 6.34. The number of nitrogens with two attached hydrogens (primary N) is 1. The normalized spacial score (nSPS) is 25.4. The van der Waals surface area contributed by atoms with E-state index in [-0.39, 0.29) is 41.5 Å². The number of fused-ring (bicyclic) bond motifs is 3. The number of nitrogens with one attached hydrogen (secondary N) is 2. The van der Waals surface area contributed by atoms with Gasteiger partial charge in [0, 0.05) is 18.6 Å². The summed E-state index contributed by atoms with van der Waals surface area (Å²) in [5, 5.41) is 10.6. The van der Waals surface area contributed by atoms with Crippen LogP contribution in [0.5, 0.6) is 0 Å². The molecule has 1 aliphatic carbocycles. The Hall–Kier alpha value is -2.19. The van der Waals surface area contributed by atoms with Crippen LogP contribution < -0.4 is 11.1 Å². The SMILES string of the molecule is NCC(=O)N1C[C@@H]2C[C@@H]1C[C@@H]2NC(=O)c1cc(Cl)nc2[nH]ncc12. The Balaban J connectivity index is 1.50. The minimum absolute atomic E-state index is 0.0201. The summed E-state index contributed by atoms with van der Waals surface area (Å²) in [4.78, 5) is 30.4. The molecule has 2 bridgehead atoms. The number of carbonyl (C=O) groups excluding carboxylic acids is 2. The molecule has 126 valence electrons. The van der Waals surface area contributed by atoms with Crippen LogP contribution in [0, 0.1) is 5.92 Å². The van der Waals surface area contributed by atoms with E-state index in [9.17, 15) is 9.59 Å². The molecule has 2 amide bonds. The van der Waals surface area contributed by atoms with E-state index >= 15 is 0 Å². The number of aromatic nitrogens is 3. The standard InChI is InChI=1S/C15H17ClN6O2/c16-12-3-9(10-5-18-21-14(10)20-12)15(24)19-11-2-8-1-7(11)6-22(8)13(23)4-17/h3,5,7-8,11H,1-2,4,6,17H2,(H,19,24)(H,18,20,21)/t7-,8+,11-/m0/s1. The van der Waals surface area contributed by atoms with Gasteiger partial charge in [-0.15, -0.1) is 0 Å². The topological polar surface area (TPSA) is 117 Å². The van der Waals surface area contributed by atoms with Gasteiger partial charge in [0.05, 0.1) is 23.7 Å². The maximum atomic E-state index is 12.7. The number of amides is 2. The predicted octanol–water partition coefficient (Wildman–Crippen LogP) is 0.289. The fourth-order valence-corrected chi connectivity index (χ4v) is 4.08. The van der Waals surface area contributed by atoms with E-state index in [1.165, 1.54) is 0 Å². The van der Waals surface area contributed by atoms with E-state index < -0.39 is 0 Å². The first-order valence-corrected chi connectivity index (χ1v) is 8.24. The largest absolute Gasteiger partial charge is 0.349 e. The zero-order valence-electron chi connectivity index (χ0n) is 12.8. The Kier molecular flexibility index (Phi) is 3.65. The first kappa shape index (κ1) is 15.3. The minimum atomic E-state index is -0.194. The molecule has 0 aromatic carbocycles. The Labute approximate surface area is 142 Å². The smallest absolute Gasteiger partial charge is 0.252 e. The molecule has 9 heteroatoms. The summed E-state index contributed by atoms with van der Waals surface area (Å²) in [5.74, 6) is 0.0554. The van der Waals surface area contributed by atoms with Gasteiger partial charge in [0.1, 0.15) is 5.15 Å². The molecule has 0 unspecified atom stereocenters. The molecule has 4 N–H and O–H groups in total. The Morgan fingerprint density at radius 3 is 3.00 bits per heavy atom. The molecule has 8 nitrogen and oxygen atoms in total. The minimum Gasteiger partial charge on any atom is -0.349 e. The van der Waals surface area contributed by atoms with E-state index in [0.29, 0.717) is 23.1 Å². The lowest BCUT2D eigenvalue weighted by Crippen LogP contribution is -2.49. The van der Waals surface area contributed by atoms with Gasteiger partial charge in [-0.2, -0.15) is 5.10 Å². The van der Waals surface area contributed by atoms with Crippen LogP contribution in [-0.2, 0) is 4.79 Å². The van der Waals surface area contributed by atoms with E-state index in [4.69, 9.17) is 17.3 Å². The van der Waals surface area contributed by atoms with Crippen molar-refractivity contribution in [1.82, 2.24) is 25.4 Å². The molecule has 0 spiro atoms. The molecule has 1 saturated carbocycles. The third-order valence-corrected chi connectivity index (χ3v) is 5.18. The number of pyridine rings is 1. The zero-order chi connectivity index (χ0) is 16.8. The molecular formula is C15H17ClN6O2. The summed E-state index contributed by atoms with van der Waals surface area (Å²) in [6, 6.07) is 1.77. The molecule has 1 aliphatic heterocycles. The highest BCUT2D eigenvalue weighted by Gasteiger charge is 2.46. The van der Waals surface area contributed by atoms with Gasteiger partial charge in [0.2, 0.25) is 5.91 Å². The van der Waals surface area contributed by atoms with Crippen molar-refractivity contribution in [1.29, 1.82) is 0 Å². The van der Waals surface area contributed by atoms with Crippen molar-refractivity contribution in [3.05, 3.63) is 23.0 Å². The number of halogens is 1. The summed E-state index contributed by atoms with van der Waals surface area (Å²) >= 11 is 5.98. The first-order valence-electron chi connectivity index (χ1n) is 7.87. The molecule has 4 rings (SSSR count). The van der Waals surface area contributed by atoms with Gasteiger partial charge < -0.3 is 16.0 Å². The highest BCUT2D eigenvalue weighted by molar-refractivity contribution is 6.30. The summed E-state index contributed by atoms with van der Waals surface area (Å²) < 4.78 is 0. The molecule has 3 heterocycles. The van der Waals surface area contributed by atoms with Crippen molar-refractivity contribution < 1.29 is 9.59 Å². The first-order chi connectivity index (χ1) is 11.6. The van der Waals surface area contributed by atoms with Crippen LogP contribution >= 0.6 is 11.6 Å².